The average molecular weight is 142 g/mol. The van der Waals surface area contributed by atoms with E-state index in [1.165, 1.54) is 6.26 Å². The van der Waals surface area contributed by atoms with Gasteiger partial charge in [-0.15, -0.1) is 0 Å². The highest BCUT2D eigenvalue weighted by Crippen LogP contribution is 2.12. The van der Waals surface area contributed by atoms with Crippen LogP contribution >= 0.6 is 0 Å². The molecule has 0 aromatic heterocycles. The quantitative estimate of drug-likeness (QED) is 0.326. The highest BCUT2D eigenvalue weighted by atomic mass is 16.5. The van der Waals surface area contributed by atoms with Crippen molar-refractivity contribution in [3.8, 4) is 0 Å². The Morgan fingerprint density at radius 1 is 1.80 bits per heavy atom. The van der Waals surface area contributed by atoms with Crippen molar-refractivity contribution >= 4 is 5.97 Å². The lowest BCUT2D eigenvalue weighted by Crippen LogP contribution is -1.95. The third-order valence-electron chi connectivity index (χ3n) is 1.26. The van der Waals surface area contributed by atoms with Gasteiger partial charge in [0.1, 0.15) is 0 Å². The van der Waals surface area contributed by atoms with Gasteiger partial charge < -0.3 is 9.47 Å². The summed E-state index contributed by atoms with van der Waals surface area (Å²) in [6.45, 7) is 2.96. The number of hydrogen-bond donors (Lipinski definition) is 0. The van der Waals surface area contributed by atoms with Crippen molar-refractivity contribution in [1.82, 2.24) is 0 Å². The van der Waals surface area contributed by atoms with Crippen molar-refractivity contribution in [2.45, 2.75) is 13.3 Å². The molecule has 0 aliphatic carbocycles. The monoisotopic (exact) mass is 142 g/mol. The van der Waals surface area contributed by atoms with Crippen LogP contribution in [0.5, 0.6) is 0 Å². The van der Waals surface area contributed by atoms with Crippen LogP contribution in [-0.4, -0.2) is 19.2 Å². The first-order chi connectivity index (χ1) is 4.84. The van der Waals surface area contributed by atoms with Crippen LogP contribution in [0.4, 0.5) is 0 Å². The van der Waals surface area contributed by atoms with Gasteiger partial charge in [-0.3, -0.25) is 0 Å². The fourth-order valence-electron chi connectivity index (χ4n) is 0.739. The van der Waals surface area contributed by atoms with E-state index in [1.807, 2.05) is 6.92 Å². The number of hydrogen-bond acceptors (Lipinski definition) is 3. The van der Waals surface area contributed by atoms with Gasteiger partial charge in [-0.2, -0.15) is 0 Å². The molecule has 1 saturated heterocycles. The van der Waals surface area contributed by atoms with Crippen LogP contribution < -0.4 is 0 Å². The van der Waals surface area contributed by atoms with Crippen molar-refractivity contribution in [2.24, 2.45) is 0 Å². The second-order valence-electron chi connectivity index (χ2n) is 1.98. The molecule has 1 aliphatic heterocycles. The van der Waals surface area contributed by atoms with Crippen LogP contribution in [0, 0.1) is 0 Å². The first-order valence-corrected chi connectivity index (χ1v) is 3.32. The Labute approximate surface area is 59.6 Å². The predicted molar refractivity (Wildman–Crippen MR) is 35.3 cm³/mol. The summed E-state index contributed by atoms with van der Waals surface area (Å²) in [5, 5.41) is 0. The maximum Gasteiger partial charge on any atom is 0.337 e. The largest absolute Gasteiger partial charge is 0.501 e. The van der Waals surface area contributed by atoms with Crippen LogP contribution in [0.25, 0.3) is 0 Å². The molecule has 0 amide bonds. The summed E-state index contributed by atoms with van der Waals surface area (Å²) >= 11 is 0. The SMILES string of the molecule is CCO/C=C1\CCOC1=O. The number of cyclic esters (lactones) is 1. The van der Waals surface area contributed by atoms with E-state index in [0.717, 1.165) is 0 Å². The summed E-state index contributed by atoms with van der Waals surface area (Å²) < 4.78 is 9.60. The summed E-state index contributed by atoms with van der Waals surface area (Å²) in [5.74, 6) is -0.242. The zero-order chi connectivity index (χ0) is 7.40. The van der Waals surface area contributed by atoms with Crippen LogP contribution in [-0.2, 0) is 14.3 Å². The van der Waals surface area contributed by atoms with Crippen LogP contribution in [0.15, 0.2) is 11.8 Å². The van der Waals surface area contributed by atoms with E-state index in [-0.39, 0.29) is 5.97 Å². The molecule has 1 fully saturated rings. The van der Waals surface area contributed by atoms with Crippen molar-refractivity contribution in [3.63, 3.8) is 0 Å². The molecule has 0 saturated carbocycles. The van der Waals surface area contributed by atoms with Crippen LogP contribution in [0.3, 0.4) is 0 Å². The number of ether oxygens (including phenoxy) is 2. The van der Waals surface area contributed by atoms with E-state index in [9.17, 15) is 4.79 Å². The third kappa shape index (κ3) is 1.50. The molecular weight excluding hydrogens is 132 g/mol. The lowest BCUT2D eigenvalue weighted by molar-refractivity contribution is -0.135. The zero-order valence-electron chi connectivity index (χ0n) is 5.92. The maximum atomic E-state index is 10.7. The minimum Gasteiger partial charge on any atom is -0.501 e. The Morgan fingerprint density at radius 3 is 3.10 bits per heavy atom. The predicted octanol–water partition coefficient (Wildman–Crippen LogP) is 0.854. The van der Waals surface area contributed by atoms with E-state index in [2.05, 4.69) is 4.74 Å². The highest BCUT2D eigenvalue weighted by Gasteiger charge is 2.18. The van der Waals surface area contributed by atoms with Crippen molar-refractivity contribution in [3.05, 3.63) is 11.8 Å². The Hall–Kier alpha value is -0.990. The molecule has 1 heterocycles. The number of esters is 1. The Kier molecular flexibility index (Phi) is 2.31. The van der Waals surface area contributed by atoms with E-state index in [1.54, 1.807) is 0 Å². The van der Waals surface area contributed by atoms with Gasteiger partial charge in [-0.05, 0) is 6.92 Å². The number of carbonyl (C=O) groups is 1. The first-order valence-electron chi connectivity index (χ1n) is 3.32. The first kappa shape index (κ1) is 7.12. The van der Waals surface area contributed by atoms with Gasteiger partial charge >= 0.3 is 5.97 Å². The lowest BCUT2D eigenvalue weighted by atomic mass is 10.3. The van der Waals surface area contributed by atoms with E-state index < -0.39 is 0 Å². The van der Waals surface area contributed by atoms with Gasteiger partial charge in [-0.1, -0.05) is 0 Å². The van der Waals surface area contributed by atoms with Gasteiger partial charge in [0.25, 0.3) is 0 Å². The Morgan fingerprint density at radius 2 is 2.60 bits per heavy atom. The number of carbonyl (C=O) groups excluding carboxylic acids is 1. The van der Waals surface area contributed by atoms with Gasteiger partial charge in [0.05, 0.1) is 25.0 Å². The molecule has 10 heavy (non-hydrogen) atoms. The summed E-state index contributed by atoms with van der Waals surface area (Å²) in [7, 11) is 0. The molecule has 0 N–H and O–H groups in total. The minimum absolute atomic E-state index is 0.242. The molecule has 3 heteroatoms. The van der Waals surface area contributed by atoms with Gasteiger partial charge in [0.15, 0.2) is 0 Å². The summed E-state index contributed by atoms with van der Waals surface area (Å²) in [5.41, 5.74) is 0.641. The van der Waals surface area contributed by atoms with E-state index in [4.69, 9.17) is 4.74 Å². The van der Waals surface area contributed by atoms with Crippen molar-refractivity contribution in [1.29, 1.82) is 0 Å². The van der Waals surface area contributed by atoms with Gasteiger partial charge in [-0.25, -0.2) is 4.79 Å². The molecule has 0 unspecified atom stereocenters. The Bertz CT molecular complexity index is 160. The second-order valence-corrected chi connectivity index (χ2v) is 1.98. The number of rotatable bonds is 2. The molecular formula is C7H10O3. The topological polar surface area (TPSA) is 35.5 Å². The molecule has 3 nitrogen and oxygen atoms in total. The summed E-state index contributed by atoms with van der Waals surface area (Å²) in [6.07, 6.45) is 2.16. The van der Waals surface area contributed by atoms with E-state index in [0.29, 0.717) is 25.2 Å². The zero-order valence-corrected chi connectivity index (χ0v) is 5.92. The van der Waals surface area contributed by atoms with Gasteiger partial charge in [0, 0.05) is 6.42 Å². The Balaban J connectivity index is 2.46. The molecule has 0 atom stereocenters. The fraction of sp³-hybridized carbons (Fsp3) is 0.571. The maximum absolute atomic E-state index is 10.7. The minimum atomic E-state index is -0.242. The molecule has 56 valence electrons. The van der Waals surface area contributed by atoms with Crippen molar-refractivity contribution < 1.29 is 14.3 Å². The smallest absolute Gasteiger partial charge is 0.337 e. The standard InChI is InChI=1S/C7H10O3/c1-2-9-5-6-3-4-10-7(6)8/h5H,2-4H2,1H3/b6-5+. The molecule has 1 rings (SSSR count). The highest BCUT2D eigenvalue weighted by molar-refractivity contribution is 5.89. The molecule has 0 aromatic rings. The fourth-order valence-corrected chi connectivity index (χ4v) is 0.739. The molecule has 0 spiro atoms. The third-order valence-corrected chi connectivity index (χ3v) is 1.26. The lowest BCUT2D eigenvalue weighted by Gasteiger charge is -1.93. The van der Waals surface area contributed by atoms with Gasteiger partial charge in [0.2, 0.25) is 0 Å². The normalized spacial score (nSPS) is 21.3. The molecule has 0 bridgehead atoms. The molecule has 0 radical (unpaired) electrons. The van der Waals surface area contributed by atoms with Crippen molar-refractivity contribution in [2.75, 3.05) is 13.2 Å². The summed E-state index contributed by atoms with van der Waals surface area (Å²) in [4.78, 5) is 10.7. The summed E-state index contributed by atoms with van der Waals surface area (Å²) in [6, 6.07) is 0. The average Bonchev–Trinajstić information content (AvgIpc) is 2.31. The molecule has 1 aliphatic rings. The molecule has 0 aromatic carbocycles. The van der Waals surface area contributed by atoms with E-state index >= 15 is 0 Å². The van der Waals surface area contributed by atoms with Crippen LogP contribution in [0.1, 0.15) is 13.3 Å². The van der Waals surface area contributed by atoms with Crippen LogP contribution in [0.2, 0.25) is 0 Å². The second kappa shape index (κ2) is 3.25.